The lowest BCUT2D eigenvalue weighted by atomic mass is 10.3. The fraction of sp³-hybridized carbons (Fsp3) is 0.167. The molecule has 6 nitrogen and oxygen atoms in total. The molecule has 0 bridgehead atoms. The van der Waals surface area contributed by atoms with E-state index in [1.54, 1.807) is 12.4 Å². The second-order valence-corrected chi connectivity index (χ2v) is 3.94. The summed E-state index contributed by atoms with van der Waals surface area (Å²) in [5, 5.41) is 11.2. The van der Waals surface area contributed by atoms with Crippen LogP contribution in [0.4, 0.5) is 4.79 Å². The number of nitrogens with one attached hydrogen (secondary N) is 1. The van der Waals surface area contributed by atoms with Crippen molar-refractivity contribution in [3.63, 3.8) is 0 Å². The van der Waals surface area contributed by atoms with Crippen molar-refractivity contribution in [1.82, 2.24) is 14.9 Å². The van der Waals surface area contributed by atoms with Crippen molar-refractivity contribution in [1.29, 1.82) is 0 Å². The maximum Gasteiger partial charge on any atom is 0.405 e. The summed E-state index contributed by atoms with van der Waals surface area (Å²) in [7, 11) is 0. The highest BCUT2D eigenvalue weighted by Crippen LogP contribution is 2.29. The third-order valence-corrected chi connectivity index (χ3v) is 2.81. The van der Waals surface area contributed by atoms with Crippen molar-refractivity contribution >= 4 is 6.09 Å². The van der Waals surface area contributed by atoms with E-state index in [0.29, 0.717) is 11.6 Å². The Morgan fingerprint density at radius 3 is 3.17 bits per heavy atom. The van der Waals surface area contributed by atoms with Crippen molar-refractivity contribution in [2.75, 3.05) is 6.61 Å². The largest absolute Gasteiger partial charge is 0.489 e. The molecule has 3 rings (SSSR count). The number of ether oxygens (including phenoxy) is 1. The molecule has 6 heteroatoms. The number of imidazole rings is 1. The van der Waals surface area contributed by atoms with Gasteiger partial charge in [-0.05, 0) is 12.1 Å². The van der Waals surface area contributed by atoms with E-state index in [1.807, 2.05) is 28.8 Å². The van der Waals surface area contributed by atoms with E-state index in [2.05, 4.69) is 10.3 Å². The topological polar surface area (TPSA) is 76.4 Å². The highest BCUT2D eigenvalue weighted by atomic mass is 16.5. The van der Waals surface area contributed by atoms with Gasteiger partial charge in [-0.1, -0.05) is 12.1 Å². The molecular formula is C12H11N3O3. The molecule has 0 radical (unpaired) electrons. The summed E-state index contributed by atoms with van der Waals surface area (Å²) in [6.45, 7) is 0.223. The number of hydrogen-bond acceptors (Lipinski definition) is 3. The Morgan fingerprint density at radius 2 is 2.33 bits per heavy atom. The smallest absolute Gasteiger partial charge is 0.405 e. The Labute approximate surface area is 103 Å². The van der Waals surface area contributed by atoms with Gasteiger partial charge in [0.15, 0.2) is 0 Å². The molecule has 1 aliphatic rings. The third-order valence-electron chi connectivity index (χ3n) is 2.81. The summed E-state index contributed by atoms with van der Waals surface area (Å²) in [6, 6.07) is 7.05. The second kappa shape index (κ2) is 4.06. The zero-order valence-corrected chi connectivity index (χ0v) is 9.41. The van der Waals surface area contributed by atoms with Crippen LogP contribution in [0.5, 0.6) is 5.75 Å². The predicted octanol–water partition coefficient (Wildman–Crippen LogP) is 1.57. The van der Waals surface area contributed by atoms with Gasteiger partial charge in [-0.2, -0.15) is 0 Å². The summed E-state index contributed by atoms with van der Waals surface area (Å²) in [4.78, 5) is 15.0. The molecule has 0 saturated heterocycles. The second-order valence-electron chi connectivity index (χ2n) is 3.94. The van der Waals surface area contributed by atoms with Crippen LogP contribution in [0.25, 0.3) is 5.69 Å². The quantitative estimate of drug-likeness (QED) is 0.799. The number of aromatic nitrogens is 2. The van der Waals surface area contributed by atoms with Crippen molar-refractivity contribution in [3.8, 4) is 11.4 Å². The molecule has 1 aromatic heterocycles. The average molecular weight is 245 g/mol. The van der Waals surface area contributed by atoms with E-state index >= 15 is 0 Å². The number of rotatable bonds is 1. The molecule has 0 spiro atoms. The molecule has 1 unspecified atom stereocenters. The molecular weight excluding hydrogens is 234 g/mol. The number of carbonyl (C=O) groups is 1. The van der Waals surface area contributed by atoms with Crippen LogP contribution in [0.2, 0.25) is 0 Å². The maximum atomic E-state index is 10.8. The van der Waals surface area contributed by atoms with Crippen molar-refractivity contribution in [2.24, 2.45) is 0 Å². The van der Waals surface area contributed by atoms with Crippen molar-refractivity contribution in [3.05, 3.63) is 42.5 Å². The molecule has 2 N–H and O–H groups in total. The van der Waals surface area contributed by atoms with Crippen molar-refractivity contribution in [2.45, 2.75) is 6.04 Å². The van der Waals surface area contributed by atoms with E-state index in [9.17, 15) is 4.79 Å². The highest BCUT2D eigenvalue weighted by Gasteiger charge is 2.25. The number of amides is 1. The molecule has 0 saturated carbocycles. The highest BCUT2D eigenvalue weighted by molar-refractivity contribution is 5.65. The van der Waals surface area contributed by atoms with Crippen LogP contribution in [0.1, 0.15) is 11.9 Å². The summed E-state index contributed by atoms with van der Waals surface area (Å²) < 4.78 is 7.45. The fourth-order valence-corrected chi connectivity index (χ4v) is 2.06. The Hall–Kier alpha value is -2.50. The number of fused-ring (bicyclic) bond motifs is 3. The van der Waals surface area contributed by atoms with Crippen LogP contribution in [0.3, 0.4) is 0 Å². The Kier molecular flexibility index (Phi) is 2.40. The lowest BCUT2D eigenvalue weighted by Gasteiger charge is -2.13. The maximum absolute atomic E-state index is 10.8. The van der Waals surface area contributed by atoms with Crippen LogP contribution in [0.15, 0.2) is 36.7 Å². The lowest BCUT2D eigenvalue weighted by molar-refractivity contribution is 0.181. The van der Waals surface area contributed by atoms with Crippen molar-refractivity contribution < 1.29 is 14.6 Å². The van der Waals surface area contributed by atoms with E-state index in [4.69, 9.17) is 9.84 Å². The number of hydrogen-bond donors (Lipinski definition) is 2. The Bertz CT molecular complexity index is 594. The summed E-state index contributed by atoms with van der Waals surface area (Å²) in [5.74, 6) is 1.34. The zero-order chi connectivity index (χ0) is 12.5. The normalized spacial score (nSPS) is 17.0. The number of nitrogens with zero attached hydrogens (tertiary/aromatic N) is 2. The molecule has 92 valence electrons. The van der Waals surface area contributed by atoms with Gasteiger partial charge in [0, 0.05) is 12.4 Å². The van der Waals surface area contributed by atoms with E-state index in [-0.39, 0.29) is 6.61 Å². The molecule has 1 atom stereocenters. The van der Waals surface area contributed by atoms with Gasteiger partial charge in [-0.25, -0.2) is 9.78 Å². The third kappa shape index (κ3) is 1.67. The lowest BCUT2D eigenvalue weighted by Crippen LogP contribution is -2.31. The number of carboxylic acid groups (broad SMARTS) is 1. The van der Waals surface area contributed by atoms with Crippen LogP contribution >= 0.6 is 0 Å². The zero-order valence-electron chi connectivity index (χ0n) is 9.41. The first kappa shape index (κ1) is 10.6. The number of benzene rings is 1. The first-order chi connectivity index (χ1) is 8.75. The van der Waals surface area contributed by atoms with Gasteiger partial charge in [0.1, 0.15) is 24.2 Å². The summed E-state index contributed by atoms with van der Waals surface area (Å²) in [5.41, 5.74) is 0.861. The first-order valence-electron chi connectivity index (χ1n) is 5.50. The van der Waals surface area contributed by atoms with Crippen LogP contribution in [0, 0.1) is 0 Å². The van der Waals surface area contributed by atoms with Gasteiger partial charge in [0.2, 0.25) is 0 Å². The predicted molar refractivity (Wildman–Crippen MR) is 63.0 cm³/mol. The molecule has 1 aliphatic heterocycles. The monoisotopic (exact) mass is 245 g/mol. The summed E-state index contributed by atoms with van der Waals surface area (Å²) >= 11 is 0. The van der Waals surface area contributed by atoms with Gasteiger partial charge in [0.05, 0.1) is 5.69 Å². The standard InChI is InChI=1S/C12H11N3O3/c16-12(17)14-8-7-18-10-4-2-1-3-9(10)15-6-5-13-11(8)15/h1-6,8,14H,7H2,(H,16,17). The van der Waals surface area contributed by atoms with Gasteiger partial charge in [-0.15, -0.1) is 0 Å². The van der Waals surface area contributed by atoms with Crippen LogP contribution < -0.4 is 10.1 Å². The molecule has 0 aliphatic carbocycles. The Morgan fingerprint density at radius 1 is 1.50 bits per heavy atom. The van der Waals surface area contributed by atoms with Gasteiger partial charge in [0.25, 0.3) is 0 Å². The van der Waals surface area contributed by atoms with E-state index in [0.717, 1.165) is 5.69 Å². The molecule has 2 heterocycles. The van der Waals surface area contributed by atoms with Crippen LogP contribution in [-0.4, -0.2) is 27.4 Å². The average Bonchev–Trinajstić information content (AvgIpc) is 2.78. The van der Waals surface area contributed by atoms with E-state index < -0.39 is 12.1 Å². The molecule has 1 aromatic carbocycles. The first-order valence-corrected chi connectivity index (χ1v) is 5.50. The molecule has 18 heavy (non-hydrogen) atoms. The van der Waals surface area contributed by atoms with Gasteiger partial charge < -0.3 is 15.2 Å². The van der Waals surface area contributed by atoms with Gasteiger partial charge in [-0.3, -0.25) is 4.57 Å². The van der Waals surface area contributed by atoms with Gasteiger partial charge >= 0.3 is 6.09 Å². The summed E-state index contributed by atoms with van der Waals surface area (Å²) in [6.07, 6.45) is 2.34. The molecule has 2 aromatic rings. The minimum absolute atomic E-state index is 0.223. The SMILES string of the molecule is O=C(O)NC1COc2ccccc2-n2ccnc21. The molecule has 0 fully saturated rings. The molecule has 1 amide bonds. The van der Waals surface area contributed by atoms with E-state index in [1.165, 1.54) is 0 Å². The minimum atomic E-state index is -1.09. The number of para-hydroxylation sites is 2. The fourth-order valence-electron chi connectivity index (χ4n) is 2.06. The minimum Gasteiger partial charge on any atom is -0.489 e. The van der Waals surface area contributed by atoms with Crippen LogP contribution in [-0.2, 0) is 0 Å². The Balaban J connectivity index is 2.09.